The van der Waals surface area contributed by atoms with Crippen LogP contribution in [0, 0.1) is 0 Å². The molecule has 7 nitrogen and oxygen atoms in total. The molecule has 4 rings (SSSR count). The van der Waals surface area contributed by atoms with Crippen molar-refractivity contribution in [3.8, 4) is 11.5 Å². The van der Waals surface area contributed by atoms with Crippen LogP contribution in [0.5, 0.6) is 0 Å². The summed E-state index contributed by atoms with van der Waals surface area (Å²) < 4.78 is 0. The van der Waals surface area contributed by atoms with E-state index in [2.05, 4.69) is 29.8 Å². The quantitative estimate of drug-likeness (QED) is 0.693. The summed E-state index contributed by atoms with van der Waals surface area (Å²) in [6.45, 7) is 1.70. The van der Waals surface area contributed by atoms with E-state index in [0.29, 0.717) is 59.0 Å². The molecule has 1 aliphatic heterocycles. The van der Waals surface area contributed by atoms with Gasteiger partial charge in [0.15, 0.2) is 5.82 Å². The maximum Gasteiger partial charge on any atom is 0.254 e. The molecule has 0 fully saturated rings. The number of hydrogen-bond acceptors (Lipinski definition) is 6. The highest BCUT2D eigenvalue weighted by Crippen LogP contribution is 2.24. The second kappa shape index (κ2) is 7.11. The van der Waals surface area contributed by atoms with Gasteiger partial charge in [-0.2, -0.15) is 0 Å². The van der Waals surface area contributed by atoms with Crippen LogP contribution < -0.4 is 5.56 Å². The fraction of sp³-hybridized carbons (Fsp3) is 0.235. The SMILES string of the molecule is O=c1[nH]c(-c2ccccn2)nc2c1CCN(Cc1c(Cl)ncnc1Cl)C2. The van der Waals surface area contributed by atoms with Gasteiger partial charge in [0.1, 0.15) is 22.3 Å². The van der Waals surface area contributed by atoms with Crippen molar-refractivity contribution in [2.24, 2.45) is 0 Å². The molecular weight excluding hydrogens is 375 g/mol. The summed E-state index contributed by atoms with van der Waals surface area (Å²) in [5.74, 6) is 0.468. The predicted molar refractivity (Wildman–Crippen MR) is 98.0 cm³/mol. The predicted octanol–water partition coefficient (Wildman–Crippen LogP) is 2.49. The molecule has 1 N–H and O–H groups in total. The summed E-state index contributed by atoms with van der Waals surface area (Å²) in [6, 6.07) is 5.48. The Kier molecular flexibility index (Phi) is 4.67. The molecule has 1 aliphatic rings. The van der Waals surface area contributed by atoms with E-state index >= 15 is 0 Å². The second-order valence-corrected chi connectivity index (χ2v) is 6.67. The van der Waals surface area contributed by atoms with E-state index in [1.807, 2.05) is 18.2 Å². The van der Waals surface area contributed by atoms with Gasteiger partial charge in [-0.3, -0.25) is 14.7 Å². The molecule has 0 aromatic carbocycles. The van der Waals surface area contributed by atoms with Crippen LogP contribution in [0.4, 0.5) is 0 Å². The molecule has 0 unspecified atom stereocenters. The van der Waals surface area contributed by atoms with Crippen LogP contribution in [0.3, 0.4) is 0 Å². The highest BCUT2D eigenvalue weighted by Gasteiger charge is 2.23. The number of fused-ring (bicyclic) bond motifs is 1. The lowest BCUT2D eigenvalue weighted by Crippen LogP contribution is -2.35. The minimum absolute atomic E-state index is 0.116. The molecule has 4 heterocycles. The molecule has 0 bridgehead atoms. The van der Waals surface area contributed by atoms with Crippen molar-refractivity contribution in [2.75, 3.05) is 6.54 Å². The van der Waals surface area contributed by atoms with Crippen molar-refractivity contribution in [1.29, 1.82) is 0 Å². The largest absolute Gasteiger partial charge is 0.305 e. The van der Waals surface area contributed by atoms with Crippen LogP contribution in [0.2, 0.25) is 10.3 Å². The van der Waals surface area contributed by atoms with Crippen LogP contribution in [-0.2, 0) is 19.5 Å². The van der Waals surface area contributed by atoms with E-state index in [4.69, 9.17) is 23.2 Å². The summed E-state index contributed by atoms with van der Waals surface area (Å²) >= 11 is 12.3. The number of nitrogens with one attached hydrogen (secondary N) is 1. The third-order valence-corrected chi connectivity index (χ3v) is 4.93. The van der Waals surface area contributed by atoms with Gasteiger partial charge in [-0.1, -0.05) is 29.3 Å². The van der Waals surface area contributed by atoms with Gasteiger partial charge in [0.05, 0.1) is 5.69 Å². The number of hydrogen-bond donors (Lipinski definition) is 1. The Morgan fingerprint density at radius 2 is 1.96 bits per heavy atom. The topological polar surface area (TPSA) is 87.7 Å². The lowest BCUT2D eigenvalue weighted by Gasteiger charge is -2.27. The van der Waals surface area contributed by atoms with Gasteiger partial charge < -0.3 is 4.98 Å². The molecule has 26 heavy (non-hydrogen) atoms. The van der Waals surface area contributed by atoms with Gasteiger partial charge in [-0.25, -0.2) is 15.0 Å². The van der Waals surface area contributed by atoms with Crippen molar-refractivity contribution in [3.05, 3.63) is 68.2 Å². The van der Waals surface area contributed by atoms with Crippen molar-refractivity contribution < 1.29 is 0 Å². The zero-order valence-corrected chi connectivity index (χ0v) is 15.1. The van der Waals surface area contributed by atoms with Gasteiger partial charge in [-0.05, 0) is 18.6 Å². The van der Waals surface area contributed by atoms with E-state index in [1.165, 1.54) is 6.33 Å². The number of nitrogens with zero attached hydrogens (tertiary/aromatic N) is 5. The highest BCUT2D eigenvalue weighted by atomic mass is 35.5. The fourth-order valence-electron chi connectivity index (χ4n) is 2.98. The van der Waals surface area contributed by atoms with Crippen LogP contribution >= 0.6 is 23.2 Å². The smallest absolute Gasteiger partial charge is 0.254 e. The lowest BCUT2D eigenvalue weighted by molar-refractivity contribution is 0.240. The van der Waals surface area contributed by atoms with Crippen molar-refractivity contribution in [1.82, 2.24) is 29.8 Å². The molecule has 3 aromatic rings. The monoisotopic (exact) mass is 388 g/mol. The molecule has 0 saturated carbocycles. The molecule has 9 heteroatoms. The van der Waals surface area contributed by atoms with Crippen molar-refractivity contribution >= 4 is 23.2 Å². The van der Waals surface area contributed by atoms with Crippen molar-refractivity contribution in [3.63, 3.8) is 0 Å². The average Bonchev–Trinajstić information content (AvgIpc) is 2.65. The molecule has 0 atom stereocenters. The van der Waals surface area contributed by atoms with E-state index in [1.54, 1.807) is 6.20 Å². The van der Waals surface area contributed by atoms with Gasteiger partial charge in [0.25, 0.3) is 5.56 Å². The molecule has 0 amide bonds. The number of rotatable bonds is 3. The Hall–Kier alpha value is -2.35. The molecule has 132 valence electrons. The van der Waals surface area contributed by atoms with Crippen LogP contribution in [0.1, 0.15) is 16.8 Å². The third-order valence-electron chi connectivity index (χ3n) is 4.28. The second-order valence-electron chi connectivity index (χ2n) is 5.95. The first-order valence-corrected chi connectivity index (χ1v) is 8.78. The Labute approximate surface area is 159 Å². The number of aromatic amines is 1. The molecule has 0 spiro atoms. The van der Waals surface area contributed by atoms with Gasteiger partial charge in [0, 0.05) is 37.0 Å². The summed E-state index contributed by atoms with van der Waals surface area (Å²) in [5, 5.41) is 0.674. The molecule has 3 aromatic heterocycles. The maximum atomic E-state index is 12.4. The molecular formula is C17H14Cl2N6O. The summed E-state index contributed by atoms with van der Waals surface area (Å²) in [6.07, 6.45) is 3.60. The van der Waals surface area contributed by atoms with Crippen LogP contribution in [0.25, 0.3) is 11.5 Å². The first kappa shape index (κ1) is 17.1. The molecule has 0 radical (unpaired) electrons. The third kappa shape index (κ3) is 3.33. The normalized spacial score (nSPS) is 14.2. The Morgan fingerprint density at radius 1 is 1.15 bits per heavy atom. The number of H-pyrrole nitrogens is 1. The van der Waals surface area contributed by atoms with E-state index in [9.17, 15) is 4.79 Å². The zero-order valence-electron chi connectivity index (χ0n) is 13.6. The Bertz CT molecular complexity index is 988. The molecule has 0 saturated heterocycles. The van der Waals surface area contributed by atoms with Gasteiger partial charge in [0.2, 0.25) is 0 Å². The van der Waals surface area contributed by atoms with E-state index < -0.39 is 0 Å². The first-order chi connectivity index (χ1) is 12.6. The average molecular weight is 389 g/mol. The fourth-order valence-corrected chi connectivity index (χ4v) is 3.41. The minimum atomic E-state index is -0.116. The number of halogens is 2. The van der Waals surface area contributed by atoms with Crippen LogP contribution in [0.15, 0.2) is 35.5 Å². The van der Waals surface area contributed by atoms with Gasteiger partial charge in [-0.15, -0.1) is 0 Å². The summed E-state index contributed by atoms with van der Waals surface area (Å²) in [5.41, 5.74) is 2.64. The van der Waals surface area contributed by atoms with E-state index in [0.717, 1.165) is 5.69 Å². The first-order valence-electron chi connectivity index (χ1n) is 8.02. The number of pyridine rings is 1. The summed E-state index contributed by atoms with van der Waals surface area (Å²) in [7, 11) is 0. The van der Waals surface area contributed by atoms with E-state index in [-0.39, 0.29) is 5.56 Å². The maximum absolute atomic E-state index is 12.4. The lowest BCUT2D eigenvalue weighted by atomic mass is 10.1. The Balaban J connectivity index is 1.64. The van der Waals surface area contributed by atoms with Crippen LogP contribution in [-0.4, -0.2) is 36.4 Å². The zero-order chi connectivity index (χ0) is 18.1. The molecule has 0 aliphatic carbocycles. The van der Waals surface area contributed by atoms with Crippen molar-refractivity contribution in [2.45, 2.75) is 19.5 Å². The van der Waals surface area contributed by atoms with Gasteiger partial charge >= 0.3 is 0 Å². The highest BCUT2D eigenvalue weighted by molar-refractivity contribution is 6.34. The Morgan fingerprint density at radius 3 is 2.69 bits per heavy atom. The standard InChI is InChI=1S/C17H14Cl2N6O/c18-14-11(15(19)22-9-21-14)7-25-6-4-10-13(8-25)23-16(24-17(10)26)12-3-1-2-5-20-12/h1-3,5,9H,4,6-8H2,(H,23,24,26). The minimum Gasteiger partial charge on any atom is -0.305 e. The summed E-state index contributed by atoms with van der Waals surface area (Å²) in [4.78, 5) is 34.2. The number of aromatic nitrogens is 5.